The zero-order chi connectivity index (χ0) is 25.8. The predicted octanol–water partition coefficient (Wildman–Crippen LogP) is 4.66. The van der Waals surface area contributed by atoms with Crippen molar-refractivity contribution in [2.75, 3.05) is 17.1 Å². The van der Waals surface area contributed by atoms with E-state index in [0.717, 1.165) is 10.6 Å². The first kappa shape index (κ1) is 28.2. The van der Waals surface area contributed by atoms with Gasteiger partial charge in [-0.3, -0.25) is 13.9 Å². The Hall–Kier alpha value is -2.00. The van der Waals surface area contributed by atoms with Gasteiger partial charge in [-0.2, -0.15) is 0 Å². The molecule has 2 rings (SSSR count). The third kappa shape index (κ3) is 7.50. The number of nitrogens with one attached hydrogen (secondary N) is 1. The molecule has 0 saturated carbocycles. The number of hydrogen-bond donors (Lipinski definition) is 1. The van der Waals surface area contributed by atoms with Crippen molar-refractivity contribution in [3.63, 3.8) is 0 Å². The van der Waals surface area contributed by atoms with Gasteiger partial charge in [0.05, 0.1) is 11.9 Å². The lowest BCUT2D eigenvalue weighted by Crippen LogP contribution is -2.52. The Labute approximate surface area is 216 Å². The average molecular weight is 549 g/mol. The van der Waals surface area contributed by atoms with Crippen LogP contribution in [0.5, 0.6) is 0 Å². The number of carbonyl (C=O) groups excluding carboxylic acids is 2. The molecule has 2 aromatic carbocycles. The number of sulfonamides is 1. The van der Waals surface area contributed by atoms with Gasteiger partial charge in [-0.1, -0.05) is 40.9 Å². The van der Waals surface area contributed by atoms with E-state index < -0.39 is 28.5 Å². The molecule has 34 heavy (non-hydrogen) atoms. The van der Waals surface area contributed by atoms with Crippen LogP contribution in [0.4, 0.5) is 5.69 Å². The molecule has 0 heterocycles. The molecule has 11 heteroatoms. The molecule has 2 aromatic rings. The molecule has 0 radical (unpaired) electrons. The summed E-state index contributed by atoms with van der Waals surface area (Å²) in [4.78, 5) is 27.6. The second-order valence-corrected chi connectivity index (χ2v) is 11.5. The number of halogens is 3. The van der Waals surface area contributed by atoms with E-state index in [4.69, 9.17) is 34.8 Å². The Morgan fingerprint density at radius 1 is 1.00 bits per heavy atom. The van der Waals surface area contributed by atoms with E-state index in [2.05, 4.69) is 5.32 Å². The number of aryl methyl sites for hydroxylation is 1. The second kappa shape index (κ2) is 11.6. The first-order chi connectivity index (χ1) is 15.7. The minimum Gasteiger partial charge on any atom is -0.352 e. The van der Waals surface area contributed by atoms with Gasteiger partial charge in [0.15, 0.2) is 0 Å². The van der Waals surface area contributed by atoms with Crippen LogP contribution in [-0.2, 0) is 26.2 Å². The SMILES string of the molecule is Cc1cc(Cl)ccc1N(CC(=O)N(Cc1ccc(Cl)cc1Cl)C(C)C(=O)NC(C)C)S(C)(=O)=O. The molecule has 1 N–H and O–H groups in total. The summed E-state index contributed by atoms with van der Waals surface area (Å²) in [6, 6.07) is 8.51. The number of benzene rings is 2. The van der Waals surface area contributed by atoms with Gasteiger partial charge in [-0.15, -0.1) is 0 Å². The highest BCUT2D eigenvalue weighted by molar-refractivity contribution is 7.92. The van der Waals surface area contributed by atoms with Crippen LogP contribution in [0, 0.1) is 6.92 Å². The molecule has 2 amide bonds. The molecule has 0 fully saturated rings. The number of anilines is 1. The maximum atomic E-state index is 13.5. The van der Waals surface area contributed by atoms with E-state index in [1.165, 1.54) is 4.90 Å². The van der Waals surface area contributed by atoms with Gasteiger partial charge in [-0.25, -0.2) is 8.42 Å². The Morgan fingerprint density at radius 3 is 2.12 bits per heavy atom. The molecule has 0 aliphatic heterocycles. The summed E-state index contributed by atoms with van der Waals surface area (Å²) in [5, 5.41) is 3.99. The van der Waals surface area contributed by atoms with E-state index >= 15 is 0 Å². The van der Waals surface area contributed by atoms with Crippen molar-refractivity contribution in [2.45, 2.75) is 46.3 Å². The number of amides is 2. The quantitative estimate of drug-likeness (QED) is 0.494. The summed E-state index contributed by atoms with van der Waals surface area (Å²) in [6.45, 7) is 6.37. The lowest BCUT2D eigenvalue weighted by atomic mass is 10.1. The first-order valence-electron chi connectivity index (χ1n) is 10.5. The maximum Gasteiger partial charge on any atom is 0.244 e. The minimum absolute atomic E-state index is 0.0152. The molecule has 1 unspecified atom stereocenters. The van der Waals surface area contributed by atoms with Gasteiger partial charge < -0.3 is 10.2 Å². The Bertz CT molecular complexity index is 1170. The van der Waals surface area contributed by atoms with Crippen molar-refractivity contribution in [1.29, 1.82) is 0 Å². The Morgan fingerprint density at radius 2 is 1.59 bits per heavy atom. The number of nitrogens with zero attached hydrogens (tertiary/aromatic N) is 2. The Balaban J connectivity index is 2.46. The highest BCUT2D eigenvalue weighted by atomic mass is 35.5. The summed E-state index contributed by atoms with van der Waals surface area (Å²) >= 11 is 18.3. The average Bonchev–Trinajstić information content (AvgIpc) is 2.70. The smallest absolute Gasteiger partial charge is 0.244 e. The summed E-state index contributed by atoms with van der Waals surface area (Å²) in [7, 11) is -3.83. The van der Waals surface area contributed by atoms with Crippen molar-refractivity contribution >= 4 is 62.3 Å². The van der Waals surface area contributed by atoms with Gasteiger partial charge >= 0.3 is 0 Å². The predicted molar refractivity (Wildman–Crippen MR) is 138 cm³/mol. The zero-order valence-electron chi connectivity index (χ0n) is 19.6. The van der Waals surface area contributed by atoms with Crippen molar-refractivity contribution in [3.8, 4) is 0 Å². The third-order valence-corrected chi connectivity index (χ3v) is 7.01. The van der Waals surface area contributed by atoms with Gasteiger partial charge in [0.2, 0.25) is 21.8 Å². The van der Waals surface area contributed by atoms with Crippen LogP contribution in [0.15, 0.2) is 36.4 Å². The molecule has 7 nitrogen and oxygen atoms in total. The van der Waals surface area contributed by atoms with Crippen LogP contribution >= 0.6 is 34.8 Å². The fourth-order valence-corrected chi connectivity index (χ4v) is 4.92. The molecular formula is C23H28Cl3N3O4S. The van der Waals surface area contributed by atoms with E-state index in [0.29, 0.717) is 31.9 Å². The van der Waals surface area contributed by atoms with E-state index in [-0.39, 0.29) is 18.5 Å². The van der Waals surface area contributed by atoms with Gasteiger partial charge in [-0.05, 0) is 69.2 Å². The maximum absolute atomic E-state index is 13.5. The number of hydrogen-bond acceptors (Lipinski definition) is 4. The molecule has 0 saturated heterocycles. The monoisotopic (exact) mass is 547 g/mol. The lowest BCUT2D eigenvalue weighted by Gasteiger charge is -2.32. The Kier molecular flexibility index (Phi) is 9.65. The van der Waals surface area contributed by atoms with Gasteiger partial charge in [0.1, 0.15) is 12.6 Å². The standard InChI is InChI=1S/C23H28Cl3N3O4S/c1-14(2)27-23(31)16(4)28(12-17-6-7-19(25)11-20(17)26)22(30)13-29(34(5,32)33)21-9-8-18(24)10-15(21)3/h6-11,14,16H,12-13H2,1-5H3,(H,27,31). The van der Waals surface area contributed by atoms with Crippen molar-refractivity contribution in [3.05, 3.63) is 62.6 Å². The largest absolute Gasteiger partial charge is 0.352 e. The molecule has 0 bridgehead atoms. The van der Waals surface area contributed by atoms with Crippen molar-refractivity contribution < 1.29 is 18.0 Å². The zero-order valence-corrected chi connectivity index (χ0v) is 22.7. The first-order valence-corrected chi connectivity index (χ1v) is 13.5. The molecule has 0 aliphatic carbocycles. The normalized spacial score (nSPS) is 12.4. The van der Waals surface area contributed by atoms with Crippen molar-refractivity contribution in [1.82, 2.24) is 10.2 Å². The fraction of sp³-hybridized carbons (Fsp3) is 0.391. The molecular weight excluding hydrogens is 521 g/mol. The van der Waals surface area contributed by atoms with E-state index in [1.807, 2.05) is 13.8 Å². The topological polar surface area (TPSA) is 86.8 Å². The van der Waals surface area contributed by atoms with Crippen LogP contribution in [0.2, 0.25) is 15.1 Å². The highest BCUT2D eigenvalue weighted by Crippen LogP contribution is 2.27. The number of carbonyl (C=O) groups is 2. The van der Waals surface area contributed by atoms with E-state index in [1.54, 1.807) is 50.2 Å². The van der Waals surface area contributed by atoms with E-state index in [9.17, 15) is 18.0 Å². The lowest BCUT2D eigenvalue weighted by molar-refractivity contribution is -0.139. The molecule has 186 valence electrons. The van der Waals surface area contributed by atoms with Gasteiger partial charge in [0.25, 0.3) is 0 Å². The summed E-state index contributed by atoms with van der Waals surface area (Å²) in [6.07, 6.45) is 1.02. The number of rotatable bonds is 9. The summed E-state index contributed by atoms with van der Waals surface area (Å²) in [5.41, 5.74) is 1.48. The fourth-order valence-electron chi connectivity index (χ4n) is 3.31. The molecule has 0 spiro atoms. The van der Waals surface area contributed by atoms with Crippen LogP contribution in [0.3, 0.4) is 0 Å². The molecule has 0 aliphatic rings. The minimum atomic E-state index is -3.83. The van der Waals surface area contributed by atoms with Crippen LogP contribution in [0.25, 0.3) is 0 Å². The summed E-state index contributed by atoms with van der Waals surface area (Å²) in [5.74, 6) is -0.945. The van der Waals surface area contributed by atoms with Crippen LogP contribution < -0.4 is 9.62 Å². The summed E-state index contributed by atoms with van der Waals surface area (Å²) < 4.78 is 26.3. The van der Waals surface area contributed by atoms with Gasteiger partial charge in [0, 0.05) is 27.7 Å². The molecule has 1 atom stereocenters. The second-order valence-electron chi connectivity index (χ2n) is 8.30. The van der Waals surface area contributed by atoms with Crippen LogP contribution in [0.1, 0.15) is 31.9 Å². The van der Waals surface area contributed by atoms with Crippen LogP contribution in [-0.4, -0.2) is 50.0 Å². The van der Waals surface area contributed by atoms with Crippen molar-refractivity contribution in [2.24, 2.45) is 0 Å². The third-order valence-electron chi connectivity index (χ3n) is 5.06. The molecule has 0 aromatic heterocycles. The highest BCUT2D eigenvalue weighted by Gasteiger charge is 2.31.